The first kappa shape index (κ1) is 27.8. The van der Waals surface area contributed by atoms with Crippen molar-refractivity contribution in [3.63, 3.8) is 0 Å². The van der Waals surface area contributed by atoms with E-state index in [-0.39, 0.29) is 30.4 Å². The van der Waals surface area contributed by atoms with Crippen LogP contribution in [0.3, 0.4) is 0 Å². The molecule has 0 aromatic heterocycles. The highest BCUT2D eigenvalue weighted by atomic mass is 32.2. The number of hydrogen-bond donors (Lipinski definition) is 0. The highest BCUT2D eigenvalue weighted by molar-refractivity contribution is 7.92. The van der Waals surface area contributed by atoms with E-state index in [2.05, 4.69) is 0 Å². The summed E-state index contributed by atoms with van der Waals surface area (Å²) in [6, 6.07) is 19.3. The van der Waals surface area contributed by atoms with E-state index in [4.69, 9.17) is 0 Å². The number of aryl methyl sites for hydroxylation is 3. The Labute approximate surface area is 225 Å². The summed E-state index contributed by atoms with van der Waals surface area (Å²) in [4.78, 5) is 15.0. The lowest BCUT2D eigenvalue weighted by atomic mass is 10.1. The first-order chi connectivity index (χ1) is 17.9. The van der Waals surface area contributed by atoms with E-state index in [9.17, 15) is 21.6 Å². The van der Waals surface area contributed by atoms with Gasteiger partial charge < -0.3 is 4.90 Å². The molecule has 0 N–H and O–H groups in total. The van der Waals surface area contributed by atoms with E-state index < -0.39 is 20.0 Å². The van der Waals surface area contributed by atoms with Gasteiger partial charge in [0, 0.05) is 31.7 Å². The smallest absolute Gasteiger partial charge is 0.253 e. The molecule has 0 atom stereocenters. The van der Waals surface area contributed by atoms with Crippen LogP contribution in [0.5, 0.6) is 0 Å². The maximum absolute atomic E-state index is 13.1. The van der Waals surface area contributed by atoms with Crippen LogP contribution in [-0.2, 0) is 26.6 Å². The number of carbonyl (C=O) groups is 1. The van der Waals surface area contributed by atoms with Gasteiger partial charge in [-0.15, -0.1) is 0 Å². The summed E-state index contributed by atoms with van der Waals surface area (Å²) in [7, 11) is -7.14. The predicted molar refractivity (Wildman–Crippen MR) is 149 cm³/mol. The molecule has 202 valence electrons. The van der Waals surface area contributed by atoms with Crippen LogP contribution in [0, 0.1) is 20.8 Å². The van der Waals surface area contributed by atoms with Gasteiger partial charge in [-0.25, -0.2) is 16.8 Å². The van der Waals surface area contributed by atoms with E-state index in [1.54, 1.807) is 53.4 Å². The molecule has 0 unspecified atom stereocenters. The monoisotopic (exact) mass is 555 g/mol. The summed E-state index contributed by atoms with van der Waals surface area (Å²) >= 11 is 0. The molecule has 4 rings (SSSR count). The van der Waals surface area contributed by atoms with Crippen LogP contribution in [-0.4, -0.2) is 64.4 Å². The zero-order valence-electron chi connectivity index (χ0n) is 22.1. The molecule has 1 fully saturated rings. The van der Waals surface area contributed by atoms with E-state index in [0.29, 0.717) is 24.3 Å². The van der Waals surface area contributed by atoms with Crippen LogP contribution in [0.2, 0.25) is 0 Å². The van der Waals surface area contributed by atoms with Crippen molar-refractivity contribution in [1.82, 2.24) is 9.21 Å². The molecule has 1 aliphatic heterocycles. The molecule has 0 spiro atoms. The lowest BCUT2D eigenvalue weighted by molar-refractivity contribution is 0.0698. The topological polar surface area (TPSA) is 95.1 Å². The van der Waals surface area contributed by atoms with Gasteiger partial charge in [0.25, 0.3) is 5.91 Å². The summed E-state index contributed by atoms with van der Waals surface area (Å²) in [6.07, 6.45) is 1.19. The molecule has 3 aromatic rings. The van der Waals surface area contributed by atoms with Crippen molar-refractivity contribution >= 4 is 31.6 Å². The molecule has 0 aliphatic carbocycles. The summed E-state index contributed by atoms with van der Waals surface area (Å²) in [5.41, 5.74) is 4.66. The van der Waals surface area contributed by atoms with Crippen molar-refractivity contribution in [1.29, 1.82) is 0 Å². The Morgan fingerprint density at radius 2 is 1.37 bits per heavy atom. The number of sulfonamides is 2. The Hall–Kier alpha value is -3.21. The van der Waals surface area contributed by atoms with Gasteiger partial charge in [0.1, 0.15) is 0 Å². The van der Waals surface area contributed by atoms with Gasteiger partial charge in [-0.05, 0) is 67.8 Å². The van der Waals surface area contributed by atoms with Crippen LogP contribution in [0.15, 0.2) is 71.6 Å². The standard InChI is InChI=1S/C28H33N3O5S2/c1-21-6-13-26(14-7-21)38(35,36)30-17-15-29(16-18-30)28(32)25-11-9-24(10-12-25)20-31(37(4,33)34)27-19-22(2)5-8-23(27)3/h5-14,19H,15-18,20H2,1-4H3. The van der Waals surface area contributed by atoms with Crippen molar-refractivity contribution in [2.75, 3.05) is 36.7 Å². The molecule has 0 saturated carbocycles. The molecular formula is C28H33N3O5S2. The van der Waals surface area contributed by atoms with Crippen LogP contribution in [0.4, 0.5) is 5.69 Å². The van der Waals surface area contributed by atoms with Gasteiger partial charge in [-0.2, -0.15) is 4.31 Å². The molecule has 8 nitrogen and oxygen atoms in total. The zero-order valence-corrected chi connectivity index (χ0v) is 23.7. The number of amides is 1. The van der Waals surface area contributed by atoms with Crippen molar-refractivity contribution in [2.45, 2.75) is 32.2 Å². The van der Waals surface area contributed by atoms with Crippen molar-refractivity contribution in [3.8, 4) is 0 Å². The third-order valence-corrected chi connectivity index (χ3v) is 9.78. The lowest BCUT2D eigenvalue weighted by Crippen LogP contribution is -2.50. The minimum absolute atomic E-state index is 0.146. The van der Waals surface area contributed by atoms with Gasteiger partial charge in [0.15, 0.2) is 0 Å². The molecule has 1 aliphatic rings. The van der Waals surface area contributed by atoms with Crippen LogP contribution in [0.25, 0.3) is 0 Å². The maximum atomic E-state index is 13.1. The second-order valence-corrected chi connectivity index (χ2v) is 13.6. The normalized spacial score (nSPS) is 14.9. The summed E-state index contributed by atoms with van der Waals surface area (Å²) in [5.74, 6) is -0.182. The number of anilines is 1. The minimum atomic E-state index is -3.61. The predicted octanol–water partition coefficient (Wildman–Crippen LogP) is 3.72. The molecular weight excluding hydrogens is 522 g/mol. The van der Waals surface area contributed by atoms with E-state index >= 15 is 0 Å². The molecule has 1 saturated heterocycles. The van der Waals surface area contributed by atoms with Crippen molar-refractivity contribution < 1.29 is 21.6 Å². The second-order valence-electron chi connectivity index (χ2n) is 9.77. The number of piperazine rings is 1. The molecule has 38 heavy (non-hydrogen) atoms. The molecule has 1 heterocycles. The summed E-state index contributed by atoms with van der Waals surface area (Å²) < 4.78 is 53.9. The molecule has 0 bridgehead atoms. The SMILES string of the molecule is Cc1ccc(S(=O)(=O)N2CCN(C(=O)c3ccc(CN(c4cc(C)ccc4C)S(C)(=O)=O)cc3)CC2)cc1. The van der Waals surface area contributed by atoms with Crippen LogP contribution < -0.4 is 4.31 Å². The van der Waals surface area contributed by atoms with Crippen molar-refractivity contribution in [3.05, 3.63) is 94.5 Å². The number of nitrogens with zero attached hydrogens (tertiary/aromatic N) is 3. The van der Waals surface area contributed by atoms with E-state index in [1.165, 1.54) is 14.9 Å². The Balaban J connectivity index is 1.43. The molecule has 10 heteroatoms. The average Bonchev–Trinajstić information content (AvgIpc) is 2.88. The Bertz CT molecular complexity index is 1530. The Morgan fingerprint density at radius 3 is 1.95 bits per heavy atom. The summed E-state index contributed by atoms with van der Waals surface area (Å²) in [5, 5.41) is 0. The fourth-order valence-corrected chi connectivity index (χ4v) is 6.82. The third-order valence-electron chi connectivity index (χ3n) is 6.75. The number of carbonyl (C=O) groups excluding carboxylic acids is 1. The Kier molecular flexibility index (Phi) is 7.96. The van der Waals surface area contributed by atoms with Gasteiger partial charge in [0.2, 0.25) is 20.0 Å². The molecule has 0 radical (unpaired) electrons. The first-order valence-corrected chi connectivity index (χ1v) is 15.6. The fourth-order valence-electron chi connectivity index (χ4n) is 4.46. The number of rotatable bonds is 7. The van der Waals surface area contributed by atoms with Gasteiger partial charge in [-0.1, -0.05) is 42.0 Å². The molecule has 3 aromatic carbocycles. The number of benzene rings is 3. The second kappa shape index (κ2) is 10.9. The van der Waals surface area contributed by atoms with E-state index in [0.717, 1.165) is 22.3 Å². The van der Waals surface area contributed by atoms with Gasteiger partial charge >= 0.3 is 0 Å². The fraction of sp³-hybridized carbons (Fsp3) is 0.321. The Morgan fingerprint density at radius 1 is 0.789 bits per heavy atom. The summed E-state index contributed by atoms with van der Waals surface area (Å²) in [6.45, 7) is 6.87. The largest absolute Gasteiger partial charge is 0.336 e. The van der Waals surface area contributed by atoms with E-state index in [1.807, 2.05) is 39.0 Å². The minimum Gasteiger partial charge on any atom is -0.336 e. The highest BCUT2D eigenvalue weighted by Crippen LogP contribution is 2.26. The third kappa shape index (κ3) is 6.09. The van der Waals surface area contributed by atoms with Crippen LogP contribution in [0.1, 0.15) is 32.6 Å². The van der Waals surface area contributed by atoms with Crippen LogP contribution >= 0.6 is 0 Å². The highest BCUT2D eigenvalue weighted by Gasteiger charge is 2.30. The molecule has 1 amide bonds. The van der Waals surface area contributed by atoms with Gasteiger partial charge in [-0.3, -0.25) is 9.10 Å². The number of hydrogen-bond acceptors (Lipinski definition) is 5. The first-order valence-electron chi connectivity index (χ1n) is 12.4. The quantitative estimate of drug-likeness (QED) is 0.443. The van der Waals surface area contributed by atoms with Crippen molar-refractivity contribution in [2.24, 2.45) is 0 Å². The maximum Gasteiger partial charge on any atom is 0.253 e. The average molecular weight is 556 g/mol. The lowest BCUT2D eigenvalue weighted by Gasteiger charge is -2.34. The zero-order chi connectivity index (χ0) is 27.7. The van der Waals surface area contributed by atoms with Gasteiger partial charge in [0.05, 0.1) is 23.4 Å².